The standard InChI is InChI=1S/C13H12F3NO2/c1-3-10-11(13(14,15)16)19-12(17-10)8-5-4-6-9(7-8)18-2/h4-7H,3H2,1-2H3. The van der Waals surface area contributed by atoms with Crippen LogP contribution in [0.4, 0.5) is 13.2 Å². The van der Waals surface area contributed by atoms with Crippen molar-refractivity contribution < 1.29 is 22.3 Å². The second-order valence-electron chi connectivity index (χ2n) is 3.88. The van der Waals surface area contributed by atoms with E-state index in [1.807, 2.05) is 0 Å². The number of hydrogen-bond acceptors (Lipinski definition) is 3. The summed E-state index contributed by atoms with van der Waals surface area (Å²) in [6.45, 7) is 1.60. The second-order valence-corrected chi connectivity index (χ2v) is 3.88. The molecule has 1 aromatic carbocycles. The lowest BCUT2D eigenvalue weighted by Crippen LogP contribution is -2.06. The molecule has 3 nitrogen and oxygen atoms in total. The first-order valence-electron chi connectivity index (χ1n) is 5.67. The molecule has 1 aromatic heterocycles. The van der Waals surface area contributed by atoms with E-state index in [2.05, 4.69) is 4.98 Å². The van der Waals surface area contributed by atoms with Gasteiger partial charge in [0.2, 0.25) is 11.7 Å². The number of nitrogens with zero attached hydrogens (tertiary/aromatic N) is 1. The fourth-order valence-corrected chi connectivity index (χ4v) is 1.69. The molecule has 2 aromatic rings. The number of benzene rings is 1. The third kappa shape index (κ3) is 2.72. The van der Waals surface area contributed by atoms with Gasteiger partial charge in [0.15, 0.2) is 0 Å². The highest BCUT2D eigenvalue weighted by molar-refractivity contribution is 5.56. The zero-order valence-electron chi connectivity index (χ0n) is 10.4. The average molecular weight is 271 g/mol. The van der Waals surface area contributed by atoms with E-state index in [1.54, 1.807) is 31.2 Å². The molecule has 0 fully saturated rings. The van der Waals surface area contributed by atoms with Gasteiger partial charge < -0.3 is 9.15 Å². The Labute approximate surface area is 108 Å². The van der Waals surface area contributed by atoms with Gasteiger partial charge in [0.25, 0.3) is 0 Å². The highest BCUT2D eigenvalue weighted by atomic mass is 19.4. The summed E-state index contributed by atoms with van der Waals surface area (Å²) in [5.41, 5.74) is 0.356. The van der Waals surface area contributed by atoms with Crippen LogP contribution in [0.2, 0.25) is 0 Å². The Morgan fingerprint density at radius 2 is 2.05 bits per heavy atom. The van der Waals surface area contributed by atoms with Crippen molar-refractivity contribution >= 4 is 0 Å². The predicted molar refractivity (Wildman–Crippen MR) is 62.9 cm³/mol. The molecule has 0 atom stereocenters. The highest BCUT2D eigenvalue weighted by Crippen LogP contribution is 2.35. The van der Waals surface area contributed by atoms with Gasteiger partial charge in [0.05, 0.1) is 12.8 Å². The number of ether oxygens (including phenoxy) is 1. The van der Waals surface area contributed by atoms with E-state index in [0.717, 1.165) is 0 Å². The van der Waals surface area contributed by atoms with Crippen molar-refractivity contribution in [3.63, 3.8) is 0 Å². The number of halogens is 3. The molecule has 0 amide bonds. The summed E-state index contributed by atoms with van der Waals surface area (Å²) in [5.74, 6) is -0.557. The lowest BCUT2D eigenvalue weighted by Gasteiger charge is -2.03. The molecule has 0 unspecified atom stereocenters. The molecule has 0 aliphatic heterocycles. The highest BCUT2D eigenvalue weighted by Gasteiger charge is 2.39. The van der Waals surface area contributed by atoms with Crippen molar-refractivity contribution in [1.29, 1.82) is 0 Å². The molecule has 102 valence electrons. The summed E-state index contributed by atoms with van der Waals surface area (Å²) in [5, 5.41) is 0. The van der Waals surface area contributed by atoms with Crippen LogP contribution in [0.1, 0.15) is 18.4 Å². The molecule has 1 heterocycles. The minimum absolute atomic E-state index is 0.0527. The summed E-state index contributed by atoms with van der Waals surface area (Å²) in [6.07, 6.45) is -4.38. The molecule has 0 saturated carbocycles. The maximum atomic E-state index is 12.8. The van der Waals surface area contributed by atoms with Crippen LogP contribution < -0.4 is 4.74 Å². The van der Waals surface area contributed by atoms with Crippen molar-refractivity contribution in [2.75, 3.05) is 7.11 Å². The molecule has 0 N–H and O–H groups in total. The van der Waals surface area contributed by atoms with E-state index in [0.29, 0.717) is 11.3 Å². The van der Waals surface area contributed by atoms with Crippen molar-refractivity contribution in [3.8, 4) is 17.2 Å². The smallest absolute Gasteiger partial charge is 0.451 e. The average Bonchev–Trinajstić information content (AvgIpc) is 2.83. The number of rotatable bonds is 3. The van der Waals surface area contributed by atoms with Gasteiger partial charge in [-0.25, -0.2) is 4.98 Å². The summed E-state index contributed by atoms with van der Waals surface area (Å²) in [6, 6.07) is 6.55. The van der Waals surface area contributed by atoms with Crippen LogP contribution in [0.3, 0.4) is 0 Å². The van der Waals surface area contributed by atoms with Gasteiger partial charge in [0.1, 0.15) is 5.75 Å². The molecule has 0 spiro atoms. The predicted octanol–water partition coefficient (Wildman–Crippen LogP) is 3.93. The van der Waals surface area contributed by atoms with E-state index < -0.39 is 11.9 Å². The maximum absolute atomic E-state index is 12.8. The van der Waals surface area contributed by atoms with Gasteiger partial charge in [0, 0.05) is 5.56 Å². The van der Waals surface area contributed by atoms with Crippen LogP contribution in [0, 0.1) is 0 Å². The Morgan fingerprint density at radius 1 is 1.32 bits per heavy atom. The Balaban J connectivity index is 2.48. The van der Waals surface area contributed by atoms with Crippen LogP contribution in [-0.2, 0) is 12.6 Å². The third-order valence-corrected chi connectivity index (χ3v) is 2.61. The zero-order chi connectivity index (χ0) is 14.0. The minimum atomic E-state index is -4.53. The Morgan fingerprint density at radius 3 is 2.58 bits per heavy atom. The van der Waals surface area contributed by atoms with Gasteiger partial charge in [-0.15, -0.1) is 0 Å². The van der Waals surface area contributed by atoms with Crippen molar-refractivity contribution in [2.24, 2.45) is 0 Å². The number of hydrogen-bond donors (Lipinski definition) is 0. The molecule has 19 heavy (non-hydrogen) atoms. The van der Waals surface area contributed by atoms with Crippen LogP contribution in [0.15, 0.2) is 28.7 Å². The molecular formula is C13H12F3NO2. The number of alkyl halides is 3. The number of methoxy groups -OCH3 is 1. The SMILES string of the molecule is CCc1nc(-c2cccc(OC)c2)oc1C(F)(F)F. The largest absolute Gasteiger partial charge is 0.497 e. The van der Waals surface area contributed by atoms with E-state index in [4.69, 9.17) is 9.15 Å². The maximum Gasteiger partial charge on any atom is 0.451 e. The van der Waals surface area contributed by atoms with E-state index >= 15 is 0 Å². The normalized spacial score (nSPS) is 11.6. The summed E-state index contributed by atoms with van der Waals surface area (Å²) in [4.78, 5) is 3.90. The third-order valence-electron chi connectivity index (χ3n) is 2.61. The van der Waals surface area contributed by atoms with E-state index in [9.17, 15) is 13.2 Å². The fourth-order valence-electron chi connectivity index (χ4n) is 1.69. The molecule has 2 rings (SSSR count). The molecule has 0 aliphatic rings. The zero-order valence-corrected chi connectivity index (χ0v) is 10.4. The van der Waals surface area contributed by atoms with Crippen LogP contribution in [-0.4, -0.2) is 12.1 Å². The van der Waals surface area contributed by atoms with Gasteiger partial charge >= 0.3 is 6.18 Å². The summed E-state index contributed by atoms with van der Waals surface area (Å²) >= 11 is 0. The van der Waals surface area contributed by atoms with Crippen molar-refractivity contribution in [1.82, 2.24) is 4.98 Å². The first-order valence-corrected chi connectivity index (χ1v) is 5.67. The van der Waals surface area contributed by atoms with Crippen LogP contribution in [0.5, 0.6) is 5.75 Å². The van der Waals surface area contributed by atoms with Crippen LogP contribution in [0.25, 0.3) is 11.5 Å². The van der Waals surface area contributed by atoms with E-state index in [-0.39, 0.29) is 18.0 Å². The molecular weight excluding hydrogens is 259 g/mol. The molecule has 0 radical (unpaired) electrons. The van der Waals surface area contributed by atoms with Gasteiger partial charge in [-0.1, -0.05) is 13.0 Å². The molecule has 0 saturated heterocycles. The monoisotopic (exact) mass is 271 g/mol. The van der Waals surface area contributed by atoms with Crippen LogP contribution >= 0.6 is 0 Å². The molecule has 0 bridgehead atoms. The van der Waals surface area contributed by atoms with Gasteiger partial charge in [-0.05, 0) is 24.6 Å². The first-order chi connectivity index (χ1) is 8.95. The Hall–Kier alpha value is -1.98. The molecule has 6 heteroatoms. The summed E-state index contributed by atoms with van der Waals surface area (Å²) in [7, 11) is 1.48. The van der Waals surface area contributed by atoms with Gasteiger partial charge in [-0.3, -0.25) is 0 Å². The lowest BCUT2D eigenvalue weighted by molar-refractivity contribution is -0.153. The molecule has 0 aliphatic carbocycles. The Bertz CT molecular complexity index is 576. The number of oxazole rings is 1. The number of aromatic nitrogens is 1. The van der Waals surface area contributed by atoms with Crippen molar-refractivity contribution in [3.05, 3.63) is 35.7 Å². The quantitative estimate of drug-likeness (QED) is 0.848. The second kappa shape index (κ2) is 4.95. The van der Waals surface area contributed by atoms with Crippen molar-refractivity contribution in [2.45, 2.75) is 19.5 Å². The topological polar surface area (TPSA) is 35.3 Å². The van der Waals surface area contributed by atoms with Gasteiger partial charge in [-0.2, -0.15) is 13.2 Å². The number of aryl methyl sites for hydroxylation is 1. The van der Waals surface area contributed by atoms with E-state index in [1.165, 1.54) is 7.11 Å². The lowest BCUT2D eigenvalue weighted by atomic mass is 10.2. The summed E-state index contributed by atoms with van der Waals surface area (Å²) < 4.78 is 48.1. The first kappa shape index (κ1) is 13.5. The fraction of sp³-hybridized carbons (Fsp3) is 0.308. The Kier molecular flexibility index (Phi) is 3.50. The minimum Gasteiger partial charge on any atom is -0.497 e.